The summed E-state index contributed by atoms with van der Waals surface area (Å²) in [4.78, 5) is 38.1. The van der Waals surface area contributed by atoms with Gasteiger partial charge in [0.25, 0.3) is 5.56 Å². The van der Waals surface area contributed by atoms with Crippen molar-refractivity contribution in [1.29, 1.82) is 0 Å². The third-order valence-electron chi connectivity index (χ3n) is 4.13. The number of anilines is 1. The van der Waals surface area contributed by atoms with Crippen LogP contribution in [0.15, 0.2) is 58.1 Å². The summed E-state index contributed by atoms with van der Waals surface area (Å²) in [6.07, 6.45) is 0. The van der Waals surface area contributed by atoms with Gasteiger partial charge in [-0.15, -0.1) is 0 Å². The van der Waals surface area contributed by atoms with Gasteiger partial charge in [-0.2, -0.15) is 0 Å². The van der Waals surface area contributed by atoms with Crippen LogP contribution >= 0.6 is 11.6 Å². The van der Waals surface area contributed by atoms with Crippen LogP contribution in [-0.2, 0) is 17.9 Å². The van der Waals surface area contributed by atoms with E-state index in [9.17, 15) is 14.4 Å². The van der Waals surface area contributed by atoms with Crippen molar-refractivity contribution in [2.24, 2.45) is 5.92 Å². The molecule has 6 nitrogen and oxygen atoms in total. The number of rotatable bonds is 5. The maximum Gasteiger partial charge on any atom is 0.331 e. The smallest absolute Gasteiger partial charge is 0.323 e. The molecule has 0 saturated heterocycles. The molecular formula is C20H20ClN3O3. The second-order valence-corrected chi connectivity index (χ2v) is 7.13. The Morgan fingerprint density at radius 3 is 2.41 bits per heavy atom. The van der Waals surface area contributed by atoms with Crippen molar-refractivity contribution < 1.29 is 4.79 Å². The van der Waals surface area contributed by atoms with Gasteiger partial charge in [0.1, 0.15) is 6.54 Å². The molecule has 0 aliphatic carbocycles. The molecule has 3 aromatic rings. The van der Waals surface area contributed by atoms with E-state index in [-0.39, 0.29) is 24.6 Å². The molecule has 3 rings (SSSR count). The molecule has 1 amide bonds. The summed E-state index contributed by atoms with van der Waals surface area (Å²) in [5.41, 5.74) is 0.0626. The highest BCUT2D eigenvalue weighted by Gasteiger charge is 2.16. The second kappa shape index (κ2) is 7.80. The third kappa shape index (κ3) is 3.95. The van der Waals surface area contributed by atoms with E-state index in [1.54, 1.807) is 48.5 Å². The van der Waals surface area contributed by atoms with Crippen molar-refractivity contribution in [1.82, 2.24) is 9.13 Å². The normalized spacial score (nSPS) is 11.1. The molecule has 1 aromatic heterocycles. The van der Waals surface area contributed by atoms with Crippen LogP contribution in [0, 0.1) is 5.92 Å². The molecule has 0 radical (unpaired) electrons. The predicted molar refractivity (Wildman–Crippen MR) is 107 cm³/mol. The molecule has 0 fully saturated rings. The van der Waals surface area contributed by atoms with E-state index in [1.807, 2.05) is 13.8 Å². The monoisotopic (exact) mass is 385 g/mol. The second-order valence-electron chi connectivity index (χ2n) is 6.72. The van der Waals surface area contributed by atoms with Gasteiger partial charge in [0.05, 0.1) is 21.6 Å². The number of halogens is 1. The molecular weight excluding hydrogens is 366 g/mol. The minimum absolute atomic E-state index is 0.113. The Hall–Kier alpha value is -2.86. The highest BCUT2D eigenvalue weighted by Crippen LogP contribution is 2.20. The number of hydrogen-bond acceptors (Lipinski definition) is 3. The van der Waals surface area contributed by atoms with Gasteiger partial charge in [-0.3, -0.25) is 18.7 Å². The zero-order chi connectivity index (χ0) is 19.6. The molecule has 0 aliphatic heterocycles. The van der Waals surface area contributed by atoms with Gasteiger partial charge in [0, 0.05) is 6.54 Å². The number of fused-ring (bicyclic) bond motifs is 1. The van der Waals surface area contributed by atoms with Crippen LogP contribution in [0.4, 0.5) is 5.69 Å². The molecule has 1 N–H and O–H groups in total. The van der Waals surface area contributed by atoms with Crippen molar-refractivity contribution in [3.05, 3.63) is 74.4 Å². The summed E-state index contributed by atoms with van der Waals surface area (Å²) in [5, 5.41) is 3.52. The van der Waals surface area contributed by atoms with E-state index >= 15 is 0 Å². The third-order valence-corrected chi connectivity index (χ3v) is 4.46. The van der Waals surface area contributed by atoms with Crippen LogP contribution in [0.5, 0.6) is 0 Å². The van der Waals surface area contributed by atoms with Gasteiger partial charge in [-0.1, -0.05) is 49.7 Å². The van der Waals surface area contributed by atoms with Crippen LogP contribution in [0.2, 0.25) is 5.02 Å². The molecule has 0 aliphatic rings. The Labute approximate surface area is 161 Å². The minimum Gasteiger partial charge on any atom is -0.323 e. The fraction of sp³-hybridized carbons (Fsp3) is 0.250. The van der Waals surface area contributed by atoms with E-state index in [2.05, 4.69) is 5.32 Å². The fourth-order valence-corrected chi connectivity index (χ4v) is 3.13. The lowest BCUT2D eigenvalue weighted by Gasteiger charge is -2.15. The fourth-order valence-electron chi connectivity index (χ4n) is 2.95. The number of para-hydroxylation sites is 2. The van der Waals surface area contributed by atoms with Crippen LogP contribution in [0.25, 0.3) is 10.9 Å². The maximum absolute atomic E-state index is 12.9. The lowest BCUT2D eigenvalue weighted by atomic mass is 10.2. The molecule has 27 heavy (non-hydrogen) atoms. The minimum atomic E-state index is -0.498. The van der Waals surface area contributed by atoms with Crippen molar-refractivity contribution in [3.8, 4) is 0 Å². The molecule has 7 heteroatoms. The van der Waals surface area contributed by atoms with Gasteiger partial charge in [0.15, 0.2) is 0 Å². The standard InChI is InChI=1S/C20H20ClN3O3/c1-13(2)11-24-19(26)14-7-3-6-10-17(14)23(20(24)27)12-18(25)22-16-9-5-4-8-15(16)21/h3-10,13H,11-12H2,1-2H3,(H,22,25). The molecule has 0 atom stereocenters. The Morgan fingerprint density at radius 2 is 1.70 bits per heavy atom. The molecule has 140 valence electrons. The number of aromatic nitrogens is 2. The molecule has 0 bridgehead atoms. The van der Waals surface area contributed by atoms with E-state index in [0.29, 0.717) is 21.6 Å². The molecule has 0 unspecified atom stereocenters. The van der Waals surface area contributed by atoms with Crippen molar-refractivity contribution >= 4 is 34.1 Å². The van der Waals surface area contributed by atoms with Crippen molar-refractivity contribution in [2.45, 2.75) is 26.9 Å². The number of carbonyl (C=O) groups excluding carboxylic acids is 1. The molecule has 1 heterocycles. The molecule has 2 aromatic carbocycles. The highest BCUT2D eigenvalue weighted by molar-refractivity contribution is 6.33. The van der Waals surface area contributed by atoms with Crippen molar-refractivity contribution in [2.75, 3.05) is 5.32 Å². The summed E-state index contributed by atoms with van der Waals surface area (Å²) < 4.78 is 2.51. The number of amides is 1. The number of carbonyl (C=O) groups is 1. The van der Waals surface area contributed by atoms with Gasteiger partial charge < -0.3 is 5.32 Å². The zero-order valence-corrected chi connectivity index (χ0v) is 15.9. The van der Waals surface area contributed by atoms with E-state index in [0.717, 1.165) is 0 Å². The van der Waals surface area contributed by atoms with Crippen LogP contribution in [0.3, 0.4) is 0 Å². The summed E-state index contributed by atoms with van der Waals surface area (Å²) in [7, 11) is 0. The first-order valence-electron chi connectivity index (χ1n) is 8.65. The summed E-state index contributed by atoms with van der Waals surface area (Å²) in [6, 6.07) is 13.7. The largest absolute Gasteiger partial charge is 0.331 e. The van der Waals surface area contributed by atoms with Crippen molar-refractivity contribution in [3.63, 3.8) is 0 Å². The van der Waals surface area contributed by atoms with Crippen LogP contribution in [0.1, 0.15) is 13.8 Å². The maximum atomic E-state index is 12.9. The first-order chi connectivity index (χ1) is 12.9. The van der Waals surface area contributed by atoms with E-state index in [4.69, 9.17) is 11.6 Å². The predicted octanol–water partition coefficient (Wildman–Crippen LogP) is 3.11. The average molecular weight is 386 g/mol. The highest BCUT2D eigenvalue weighted by atomic mass is 35.5. The van der Waals surface area contributed by atoms with E-state index in [1.165, 1.54) is 9.13 Å². The lowest BCUT2D eigenvalue weighted by molar-refractivity contribution is -0.116. The number of benzene rings is 2. The Bertz CT molecular complexity index is 1120. The molecule has 0 spiro atoms. The number of nitrogens with zero attached hydrogens (tertiary/aromatic N) is 2. The van der Waals surface area contributed by atoms with Gasteiger partial charge >= 0.3 is 5.69 Å². The topological polar surface area (TPSA) is 73.1 Å². The Kier molecular flexibility index (Phi) is 5.46. The summed E-state index contributed by atoms with van der Waals surface area (Å²) in [6.45, 7) is 3.92. The summed E-state index contributed by atoms with van der Waals surface area (Å²) >= 11 is 6.07. The average Bonchev–Trinajstić information content (AvgIpc) is 2.64. The Morgan fingerprint density at radius 1 is 1.04 bits per heavy atom. The SMILES string of the molecule is CC(C)Cn1c(=O)c2ccccc2n(CC(=O)Nc2ccccc2Cl)c1=O. The Balaban J connectivity index is 2.05. The summed E-state index contributed by atoms with van der Waals surface area (Å²) in [5.74, 6) is -0.285. The first kappa shape index (κ1) is 18.9. The van der Waals surface area contributed by atoms with Gasteiger partial charge in [0.2, 0.25) is 5.91 Å². The van der Waals surface area contributed by atoms with Crippen LogP contribution < -0.4 is 16.6 Å². The number of hydrogen-bond donors (Lipinski definition) is 1. The lowest BCUT2D eigenvalue weighted by Crippen LogP contribution is -2.42. The molecule has 0 saturated carbocycles. The van der Waals surface area contributed by atoms with Crippen LogP contribution in [-0.4, -0.2) is 15.0 Å². The number of nitrogens with one attached hydrogen (secondary N) is 1. The first-order valence-corrected chi connectivity index (χ1v) is 9.03. The van der Waals surface area contributed by atoms with Gasteiger partial charge in [-0.05, 0) is 30.2 Å². The zero-order valence-electron chi connectivity index (χ0n) is 15.1. The quantitative estimate of drug-likeness (QED) is 0.733. The van der Waals surface area contributed by atoms with Gasteiger partial charge in [-0.25, -0.2) is 4.79 Å². The van der Waals surface area contributed by atoms with E-state index < -0.39 is 11.6 Å².